The molecule has 1 aliphatic rings. The third kappa shape index (κ3) is 4.90. The molecule has 3 heterocycles. The van der Waals surface area contributed by atoms with Crippen LogP contribution in [0.1, 0.15) is 29.0 Å². The number of thiocarbonyl (C=S) groups is 1. The summed E-state index contributed by atoms with van der Waals surface area (Å²) in [5.41, 5.74) is 4.50. The second-order valence-corrected chi connectivity index (χ2v) is 9.87. The summed E-state index contributed by atoms with van der Waals surface area (Å²) in [6, 6.07) is 31.5. The van der Waals surface area contributed by atoms with Gasteiger partial charge in [-0.3, -0.25) is 15.1 Å². The molecule has 0 bridgehead atoms. The van der Waals surface area contributed by atoms with E-state index in [1.165, 1.54) is 11.6 Å². The lowest BCUT2D eigenvalue weighted by Gasteiger charge is -2.29. The zero-order chi connectivity index (χ0) is 27.6. The summed E-state index contributed by atoms with van der Waals surface area (Å²) in [4.78, 5) is 17.8. The van der Waals surface area contributed by atoms with Gasteiger partial charge in [-0.1, -0.05) is 29.8 Å². The van der Waals surface area contributed by atoms with Gasteiger partial charge in [-0.05, 0) is 85.9 Å². The number of aromatic nitrogens is 2. The predicted octanol–water partition coefficient (Wildman–Crippen LogP) is 7.06. The van der Waals surface area contributed by atoms with E-state index in [1.807, 2.05) is 103 Å². The van der Waals surface area contributed by atoms with Crippen LogP contribution in [0.15, 0.2) is 116 Å². The number of non-ortho nitro benzene ring substituents is 1. The van der Waals surface area contributed by atoms with Crippen molar-refractivity contribution in [1.29, 1.82) is 0 Å². The van der Waals surface area contributed by atoms with E-state index in [0.29, 0.717) is 16.5 Å². The van der Waals surface area contributed by atoms with Crippen LogP contribution in [0.5, 0.6) is 11.5 Å². The van der Waals surface area contributed by atoms with E-state index in [-0.39, 0.29) is 22.7 Å². The summed E-state index contributed by atoms with van der Waals surface area (Å²) in [6.45, 7) is 2.04. The van der Waals surface area contributed by atoms with Crippen LogP contribution in [0.2, 0.25) is 0 Å². The minimum Gasteiger partial charge on any atom is -0.457 e. The van der Waals surface area contributed by atoms with E-state index >= 15 is 0 Å². The number of nitrogens with one attached hydrogen (secondary N) is 1. The number of aryl methyl sites for hydroxylation is 1. The molecule has 0 aliphatic carbocycles. The highest BCUT2D eigenvalue weighted by atomic mass is 32.1. The molecule has 40 heavy (non-hydrogen) atoms. The standard InChI is InChI=1S/C31H25N5O3S/c1-21-10-14-25(15-11-21)39-26-16-12-22(13-17-26)35-30(29(33-31(35)40)27-8-2-3-18-32-27)28-9-5-19-34(28)23-6-4-7-24(20-23)36(37)38/h2-20,29-30H,1H3,(H,33,40)/t29-,30+/m1/s1. The minimum absolute atomic E-state index is 0.0273. The number of hydrogen-bond acceptors (Lipinski definition) is 5. The van der Waals surface area contributed by atoms with E-state index in [9.17, 15) is 10.1 Å². The molecule has 9 heteroatoms. The lowest BCUT2D eigenvalue weighted by atomic mass is 10.0. The first-order chi connectivity index (χ1) is 19.5. The fourth-order valence-electron chi connectivity index (χ4n) is 4.98. The van der Waals surface area contributed by atoms with Gasteiger partial charge < -0.3 is 19.5 Å². The second-order valence-electron chi connectivity index (χ2n) is 9.49. The molecule has 2 aromatic heterocycles. The van der Waals surface area contributed by atoms with E-state index in [2.05, 4.69) is 15.2 Å². The topological polar surface area (TPSA) is 85.5 Å². The number of anilines is 1. The highest BCUT2D eigenvalue weighted by molar-refractivity contribution is 7.80. The Hall–Kier alpha value is -5.02. The summed E-state index contributed by atoms with van der Waals surface area (Å²) in [7, 11) is 0. The maximum Gasteiger partial charge on any atom is 0.271 e. The largest absolute Gasteiger partial charge is 0.457 e. The summed E-state index contributed by atoms with van der Waals surface area (Å²) >= 11 is 5.87. The van der Waals surface area contributed by atoms with Crippen molar-refractivity contribution >= 4 is 28.7 Å². The lowest BCUT2D eigenvalue weighted by molar-refractivity contribution is -0.384. The van der Waals surface area contributed by atoms with Gasteiger partial charge in [0.25, 0.3) is 5.69 Å². The molecule has 1 fully saturated rings. The Morgan fingerprint density at radius 3 is 2.35 bits per heavy atom. The van der Waals surface area contributed by atoms with Gasteiger partial charge in [-0.15, -0.1) is 0 Å². The van der Waals surface area contributed by atoms with Crippen molar-refractivity contribution in [2.75, 3.05) is 4.90 Å². The normalized spacial score (nSPS) is 16.5. The van der Waals surface area contributed by atoms with Gasteiger partial charge in [-0.2, -0.15) is 0 Å². The van der Waals surface area contributed by atoms with Gasteiger partial charge in [0, 0.05) is 35.9 Å². The maximum absolute atomic E-state index is 11.5. The van der Waals surface area contributed by atoms with Gasteiger partial charge in [0.05, 0.1) is 22.3 Å². The molecular weight excluding hydrogens is 522 g/mol. The summed E-state index contributed by atoms with van der Waals surface area (Å²) in [5.74, 6) is 1.48. The summed E-state index contributed by atoms with van der Waals surface area (Å²) < 4.78 is 8.00. The van der Waals surface area contributed by atoms with Gasteiger partial charge in [0.2, 0.25) is 0 Å². The molecule has 1 saturated heterocycles. The van der Waals surface area contributed by atoms with Crippen LogP contribution in [-0.2, 0) is 0 Å². The number of nitrogens with zero attached hydrogens (tertiary/aromatic N) is 4. The smallest absolute Gasteiger partial charge is 0.271 e. The van der Waals surface area contributed by atoms with Crippen LogP contribution in [0, 0.1) is 17.0 Å². The van der Waals surface area contributed by atoms with Crippen molar-refractivity contribution < 1.29 is 9.66 Å². The Kier molecular flexibility index (Phi) is 6.71. The Morgan fingerprint density at radius 2 is 1.65 bits per heavy atom. The number of pyridine rings is 1. The average Bonchev–Trinajstić information content (AvgIpc) is 3.60. The summed E-state index contributed by atoms with van der Waals surface area (Å²) in [6.07, 6.45) is 3.67. The first kappa shape index (κ1) is 25.3. The van der Waals surface area contributed by atoms with E-state index in [4.69, 9.17) is 17.0 Å². The molecule has 2 atom stereocenters. The maximum atomic E-state index is 11.5. The minimum atomic E-state index is -0.387. The second kappa shape index (κ2) is 10.6. The van der Waals surface area contributed by atoms with Crippen molar-refractivity contribution in [3.63, 3.8) is 0 Å². The van der Waals surface area contributed by atoms with E-state index < -0.39 is 0 Å². The zero-order valence-corrected chi connectivity index (χ0v) is 22.4. The van der Waals surface area contributed by atoms with Gasteiger partial charge in [0.1, 0.15) is 17.5 Å². The lowest BCUT2D eigenvalue weighted by Crippen LogP contribution is -2.30. The molecule has 1 aliphatic heterocycles. The molecule has 0 radical (unpaired) electrons. The Balaban J connectivity index is 1.40. The first-order valence-electron chi connectivity index (χ1n) is 12.8. The molecular formula is C31H25N5O3S. The SMILES string of the molecule is Cc1ccc(Oc2ccc(N3C(=S)N[C@H](c4ccccn4)[C@@H]3c3cccn3-c3cccc([N+](=O)[O-])c3)cc2)cc1. The molecule has 0 spiro atoms. The van der Waals surface area contributed by atoms with Crippen molar-refractivity contribution in [1.82, 2.24) is 14.9 Å². The molecule has 3 aromatic carbocycles. The molecule has 0 saturated carbocycles. The number of nitro groups is 1. The van der Waals surface area contributed by atoms with Gasteiger partial charge in [-0.25, -0.2) is 0 Å². The number of rotatable bonds is 7. The highest BCUT2D eigenvalue weighted by Gasteiger charge is 2.42. The number of benzene rings is 3. The molecule has 198 valence electrons. The van der Waals surface area contributed by atoms with Gasteiger partial charge >= 0.3 is 0 Å². The van der Waals surface area contributed by atoms with Crippen LogP contribution in [0.4, 0.5) is 11.4 Å². The molecule has 6 rings (SSSR count). The van der Waals surface area contributed by atoms with E-state index in [0.717, 1.165) is 22.8 Å². The van der Waals surface area contributed by atoms with Crippen LogP contribution in [-0.4, -0.2) is 19.6 Å². The molecule has 1 N–H and O–H groups in total. The van der Waals surface area contributed by atoms with Crippen molar-refractivity contribution in [3.8, 4) is 17.2 Å². The zero-order valence-electron chi connectivity index (χ0n) is 21.5. The molecule has 5 aromatic rings. The number of hydrogen-bond donors (Lipinski definition) is 1. The van der Waals surface area contributed by atoms with Gasteiger partial charge in [0.15, 0.2) is 5.11 Å². The fraction of sp³-hybridized carbons (Fsp3) is 0.0968. The quantitative estimate of drug-likeness (QED) is 0.133. The number of nitro benzene ring substituents is 1. The van der Waals surface area contributed by atoms with Crippen molar-refractivity contribution in [2.45, 2.75) is 19.0 Å². The van der Waals surface area contributed by atoms with Crippen molar-refractivity contribution in [2.24, 2.45) is 0 Å². The third-order valence-corrected chi connectivity index (χ3v) is 7.19. The van der Waals surface area contributed by atoms with Crippen LogP contribution < -0.4 is 15.0 Å². The monoisotopic (exact) mass is 547 g/mol. The predicted molar refractivity (Wildman–Crippen MR) is 158 cm³/mol. The summed E-state index contributed by atoms with van der Waals surface area (Å²) in [5, 5.41) is 15.5. The fourth-order valence-corrected chi connectivity index (χ4v) is 5.32. The molecule has 8 nitrogen and oxygen atoms in total. The Morgan fingerprint density at radius 1 is 0.900 bits per heavy atom. The molecule has 0 amide bonds. The van der Waals surface area contributed by atoms with Crippen molar-refractivity contribution in [3.05, 3.63) is 143 Å². The molecule has 0 unspecified atom stereocenters. The first-order valence-corrected chi connectivity index (χ1v) is 13.2. The van der Waals surface area contributed by atoms with Crippen LogP contribution >= 0.6 is 12.2 Å². The Labute approximate surface area is 236 Å². The Bertz CT molecular complexity index is 1670. The van der Waals surface area contributed by atoms with E-state index in [1.54, 1.807) is 18.3 Å². The third-order valence-electron chi connectivity index (χ3n) is 6.87. The average molecular weight is 548 g/mol. The number of ether oxygens (including phenoxy) is 1. The van der Waals surface area contributed by atoms with Crippen LogP contribution in [0.25, 0.3) is 5.69 Å². The van der Waals surface area contributed by atoms with Crippen LogP contribution in [0.3, 0.4) is 0 Å². The highest BCUT2D eigenvalue weighted by Crippen LogP contribution is 2.42.